The standard InChI is InChI=1S/C15H18N2O/c16-15(6-2-1-3-7-15)12-8-11-9-13(18)4-5-14(11)17-10-12/h4-5,8-10,18H,1-3,6-7,16H2. The van der Waals surface area contributed by atoms with Gasteiger partial charge in [0.05, 0.1) is 5.52 Å². The van der Waals surface area contributed by atoms with E-state index in [0.29, 0.717) is 0 Å². The summed E-state index contributed by atoms with van der Waals surface area (Å²) in [7, 11) is 0. The molecule has 18 heavy (non-hydrogen) atoms. The van der Waals surface area contributed by atoms with Gasteiger partial charge in [0.25, 0.3) is 0 Å². The molecule has 94 valence electrons. The Hall–Kier alpha value is -1.61. The molecule has 0 atom stereocenters. The number of pyridine rings is 1. The monoisotopic (exact) mass is 242 g/mol. The number of phenolic OH excluding ortho intramolecular Hbond substituents is 1. The van der Waals surface area contributed by atoms with Gasteiger partial charge in [0, 0.05) is 17.1 Å². The van der Waals surface area contributed by atoms with Crippen LogP contribution < -0.4 is 5.73 Å². The maximum absolute atomic E-state index is 9.54. The van der Waals surface area contributed by atoms with Gasteiger partial charge in [0.1, 0.15) is 5.75 Å². The Balaban J connectivity index is 2.06. The zero-order chi connectivity index (χ0) is 12.6. The lowest BCUT2D eigenvalue weighted by Crippen LogP contribution is -2.38. The van der Waals surface area contributed by atoms with Crippen molar-refractivity contribution in [2.75, 3.05) is 0 Å². The molecule has 0 amide bonds. The predicted molar refractivity (Wildman–Crippen MR) is 72.4 cm³/mol. The fraction of sp³-hybridized carbons (Fsp3) is 0.400. The number of nitrogens with two attached hydrogens (primary N) is 1. The van der Waals surface area contributed by atoms with Crippen LogP contribution in [0.4, 0.5) is 0 Å². The van der Waals surface area contributed by atoms with Crippen molar-refractivity contribution < 1.29 is 5.11 Å². The molecule has 1 aromatic heterocycles. The Morgan fingerprint density at radius 2 is 1.89 bits per heavy atom. The third kappa shape index (κ3) is 1.95. The third-order valence-corrected chi connectivity index (χ3v) is 3.99. The third-order valence-electron chi connectivity index (χ3n) is 3.99. The number of phenols is 1. The molecule has 3 N–H and O–H groups in total. The van der Waals surface area contributed by atoms with Crippen LogP contribution in [-0.4, -0.2) is 10.1 Å². The summed E-state index contributed by atoms with van der Waals surface area (Å²) in [5.74, 6) is 0.274. The molecular weight excluding hydrogens is 224 g/mol. The molecule has 1 aliphatic carbocycles. The Bertz CT molecular complexity index is 574. The van der Waals surface area contributed by atoms with Gasteiger partial charge in [-0.05, 0) is 42.7 Å². The first-order valence-corrected chi connectivity index (χ1v) is 6.56. The van der Waals surface area contributed by atoms with Gasteiger partial charge in [0.15, 0.2) is 0 Å². The minimum absolute atomic E-state index is 0.231. The minimum atomic E-state index is -0.231. The highest BCUT2D eigenvalue weighted by Crippen LogP contribution is 2.35. The summed E-state index contributed by atoms with van der Waals surface area (Å²) in [5, 5.41) is 10.5. The van der Waals surface area contributed by atoms with Crippen LogP contribution in [0, 0.1) is 0 Å². The first kappa shape index (κ1) is 11.5. The van der Waals surface area contributed by atoms with Crippen LogP contribution in [0.1, 0.15) is 37.7 Å². The fourth-order valence-corrected chi connectivity index (χ4v) is 2.86. The van der Waals surface area contributed by atoms with E-state index >= 15 is 0 Å². The average molecular weight is 242 g/mol. The highest BCUT2D eigenvalue weighted by atomic mass is 16.3. The zero-order valence-electron chi connectivity index (χ0n) is 10.4. The highest BCUT2D eigenvalue weighted by molar-refractivity contribution is 5.80. The van der Waals surface area contributed by atoms with E-state index in [2.05, 4.69) is 11.1 Å². The molecule has 3 nitrogen and oxygen atoms in total. The Morgan fingerprint density at radius 1 is 1.11 bits per heavy atom. The molecule has 2 aromatic rings. The van der Waals surface area contributed by atoms with Crippen molar-refractivity contribution >= 4 is 10.9 Å². The molecule has 0 bridgehead atoms. The fourth-order valence-electron chi connectivity index (χ4n) is 2.86. The number of hydrogen-bond acceptors (Lipinski definition) is 3. The summed E-state index contributed by atoms with van der Waals surface area (Å²) in [4.78, 5) is 4.45. The van der Waals surface area contributed by atoms with E-state index in [1.165, 1.54) is 19.3 Å². The lowest BCUT2D eigenvalue weighted by molar-refractivity contribution is 0.302. The van der Waals surface area contributed by atoms with Crippen LogP contribution in [0.25, 0.3) is 10.9 Å². The van der Waals surface area contributed by atoms with Crippen molar-refractivity contribution in [1.82, 2.24) is 4.98 Å². The molecule has 3 rings (SSSR count). The summed E-state index contributed by atoms with van der Waals surface area (Å²) >= 11 is 0. The van der Waals surface area contributed by atoms with Gasteiger partial charge in [-0.15, -0.1) is 0 Å². The number of aromatic nitrogens is 1. The largest absolute Gasteiger partial charge is 0.508 e. The summed E-state index contributed by atoms with van der Waals surface area (Å²) in [6.07, 6.45) is 7.60. The van der Waals surface area contributed by atoms with E-state index < -0.39 is 0 Å². The summed E-state index contributed by atoms with van der Waals surface area (Å²) < 4.78 is 0. The second-order valence-electron chi connectivity index (χ2n) is 5.32. The van der Waals surface area contributed by atoms with Gasteiger partial charge in [0.2, 0.25) is 0 Å². The number of fused-ring (bicyclic) bond motifs is 1. The molecule has 0 spiro atoms. The van der Waals surface area contributed by atoms with Crippen molar-refractivity contribution in [3.8, 4) is 5.75 Å². The van der Waals surface area contributed by atoms with E-state index in [0.717, 1.165) is 29.3 Å². The van der Waals surface area contributed by atoms with Crippen LogP contribution in [0.2, 0.25) is 0 Å². The Labute approximate surface area is 107 Å². The predicted octanol–water partition coefficient (Wildman–Crippen LogP) is 3.06. The maximum Gasteiger partial charge on any atom is 0.116 e. The highest BCUT2D eigenvalue weighted by Gasteiger charge is 2.29. The van der Waals surface area contributed by atoms with Gasteiger partial charge < -0.3 is 10.8 Å². The molecule has 0 radical (unpaired) electrons. The average Bonchev–Trinajstić information content (AvgIpc) is 2.38. The van der Waals surface area contributed by atoms with E-state index in [4.69, 9.17) is 5.73 Å². The molecule has 1 heterocycles. The lowest BCUT2D eigenvalue weighted by Gasteiger charge is -2.33. The van der Waals surface area contributed by atoms with Crippen LogP contribution >= 0.6 is 0 Å². The van der Waals surface area contributed by atoms with Crippen LogP contribution in [0.3, 0.4) is 0 Å². The van der Waals surface area contributed by atoms with E-state index in [9.17, 15) is 5.11 Å². The molecule has 0 saturated heterocycles. The number of aromatic hydroxyl groups is 1. The first-order valence-electron chi connectivity index (χ1n) is 6.56. The SMILES string of the molecule is NC1(c2cnc3ccc(O)cc3c2)CCCCC1. The van der Waals surface area contributed by atoms with Crippen LogP contribution in [0.5, 0.6) is 5.75 Å². The normalized spacial score (nSPS) is 18.9. The van der Waals surface area contributed by atoms with Gasteiger partial charge in [-0.1, -0.05) is 19.3 Å². The smallest absolute Gasteiger partial charge is 0.116 e. The molecular formula is C15H18N2O. The topological polar surface area (TPSA) is 59.1 Å². The quantitative estimate of drug-likeness (QED) is 0.808. The van der Waals surface area contributed by atoms with Crippen molar-refractivity contribution in [1.29, 1.82) is 0 Å². The Morgan fingerprint density at radius 3 is 2.67 bits per heavy atom. The van der Waals surface area contributed by atoms with E-state index in [1.54, 1.807) is 12.1 Å². The maximum atomic E-state index is 9.54. The number of benzene rings is 1. The zero-order valence-corrected chi connectivity index (χ0v) is 10.4. The molecule has 0 aliphatic heterocycles. The summed E-state index contributed by atoms with van der Waals surface area (Å²) in [6.45, 7) is 0. The van der Waals surface area contributed by atoms with Gasteiger partial charge >= 0.3 is 0 Å². The number of rotatable bonds is 1. The first-order chi connectivity index (χ1) is 8.67. The van der Waals surface area contributed by atoms with Gasteiger partial charge in [-0.25, -0.2) is 0 Å². The van der Waals surface area contributed by atoms with Crippen molar-refractivity contribution in [3.05, 3.63) is 36.0 Å². The van der Waals surface area contributed by atoms with Gasteiger partial charge in [-0.3, -0.25) is 4.98 Å². The Kier molecular flexibility index (Phi) is 2.71. The van der Waals surface area contributed by atoms with Crippen molar-refractivity contribution in [3.63, 3.8) is 0 Å². The minimum Gasteiger partial charge on any atom is -0.508 e. The molecule has 1 aromatic carbocycles. The second kappa shape index (κ2) is 4.25. The lowest BCUT2D eigenvalue weighted by atomic mass is 9.78. The summed E-state index contributed by atoms with van der Waals surface area (Å²) in [5.41, 5.74) is 8.27. The number of nitrogens with zero attached hydrogens (tertiary/aromatic N) is 1. The molecule has 0 unspecified atom stereocenters. The van der Waals surface area contributed by atoms with Crippen LogP contribution in [-0.2, 0) is 5.54 Å². The van der Waals surface area contributed by atoms with E-state index in [1.807, 2.05) is 12.3 Å². The van der Waals surface area contributed by atoms with Crippen molar-refractivity contribution in [2.45, 2.75) is 37.6 Å². The summed E-state index contributed by atoms with van der Waals surface area (Å²) in [6, 6.07) is 7.32. The van der Waals surface area contributed by atoms with E-state index in [-0.39, 0.29) is 11.3 Å². The molecule has 1 fully saturated rings. The van der Waals surface area contributed by atoms with Crippen molar-refractivity contribution in [2.24, 2.45) is 5.73 Å². The second-order valence-corrected chi connectivity index (χ2v) is 5.32. The van der Waals surface area contributed by atoms with Gasteiger partial charge in [-0.2, -0.15) is 0 Å². The molecule has 1 aliphatic rings. The number of hydrogen-bond donors (Lipinski definition) is 2. The molecule has 1 saturated carbocycles. The van der Waals surface area contributed by atoms with Crippen LogP contribution in [0.15, 0.2) is 30.5 Å². The molecule has 3 heteroatoms.